The molecule has 0 spiro atoms. The van der Waals surface area contributed by atoms with Crippen LogP contribution in [0.2, 0.25) is 0 Å². The molecule has 1 aliphatic rings. The number of hydrogen-bond donors (Lipinski definition) is 2. The number of aliphatic carboxylic acids is 1. The van der Waals surface area contributed by atoms with Gasteiger partial charge in [0.15, 0.2) is 0 Å². The zero-order valence-corrected chi connectivity index (χ0v) is 7.68. The molecule has 2 unspecified atom stereocenters. The van der Waals surface area contributed by atoms with E-state index in [0.717, 1.165) is 12.0 Å². The van der Waals surface area contributed by atoms with Crippen LogP contribution in [-0.2, 0) is 11.3 Å². The Balaban J connectivity index is 1.77. The maximum atomic E-state index is 10.5. The second-order valence-electron chi connectivity index (χ2n) is 3.53. The van der Waals surface area contributed by atoms with Crippen molar-refractivity contribution >= 4 is 5.97 Å². The third-order valence-electron chi connectivity index (χ3n) is 2.40. The van der Waals surface area contributed by atoms with E-state index in [0.29, 0.717) is 6.54 Å². The first-order chi connectivity index (χ1) is 6.77. The molecule has 4 nitrogen and oxygen atoms in total. The van der Waals surface area contributed by atoms with E-state index in [4.69, 9.17) is 5.11 Å². The van der Waals surface area contributed by atoms with Crippen molar-refractivity contribution in [3.63, 3.8) is 0 Å². The van der Waals surface area contributed by atoms with Crippen molar-refractivity contribution in [1.29, 1.82) is 0 Å². The molecule has 0 saturated heterocycles. The highest BCUT2D eigenvalue weighted by atomic mass is 16.4. The van der Waals surface area contributed by atoms with E-state index in [1.54, 1.807) is 12.4 Å². The average Bonchev–Trinajstić information content (AvgIpc) is 2.96. The molecule has 2 N–H and O–H groups in total. The van der Waals surface area contributed by atoms with E-state index in [1.165, 1.54) is 0 Å². The quantitative estimate of drug-likeness (QED) is 0.735. The molecule has 14 heavy (non-hydrogen) atoms. The Labute approximate surface area is 82.0 Å². The van der Waals surface area contributed by atoms with Crippen LogP contribution < -0.4 is 5.32 Å². The molecule has 0 aromatic carbocycles. The van der Waals surface area contributed by atoms with Gasteiger partial charge in [0.05, 0.1) is 5.92 Å². The Hall–Kier alpha value is -1.42. The number of carbonyl (C=O) groups is 1. The summed E-state index contributed by atoms with van der Waals surface area (Å²) in [5.41, 5.74) is 1.09. The number of pyridine rings is 1. The summed E-state index contributed by atoms with van der Waals surface area (Å²) >= 11 is 0. The number of carboxylic acids is 1. The Morgan fingerprint density at radius 1 is 1.71 bits per heavy atom. The van der Waals surface area contributed by atoms with E-state index in [9.17, 15) is 4.79 Å². The van der Waals surface area contributed by atoms with Gasteiger partial charge in [-0.2, -0.15) is 0 Å². The predicted molar refractivity (Wildman–Crippen MR) is 50.6 cm³/mol. The Kier molecular flexibility index (Phi) is 2.45. The third-order valence-corrected chi connectivity index (χ3v) is 2.40. The van der Waals surface area contributed by atoms with Crippen LogP contribution in [0.4, 0.5) is 0 Å². The highest BCUT2D eigenvalue weighted by Gasteiger charge is 2.42. The SMILES string of the molecule is O=C(O)C1CC1NCc1cccnc1. The minimum Gasteiger partial charge on any atom is -0.481 e. The maximum Gasteiger partial charge on any atom is 0.308 e. The number of rotatable bonds is 4. The summed E-state index contributed by atoms with van der Waals surface area (Å²) in [6, 6.07) is 3.99. The molecule has 1 aromatic heterocycles. The summed E-state index contributed by atoms with van der Waals surface area (Å²) in [7, 11) is 0. The number of aromatic nitrogens is 1. The van der Waals surface area contributed by atoms with Gasteiger partial charge in [-0.15, -0.1) is 0 Å². The Bertz CT molecular complexity index is 326. The topological polar surface area (TPSA) is 62.2 Å². The molecule has 1 aliphatic carbocycles. The summed E-state index contributed by atoms with van der Waals surface area (Å²) in [6.07, 6.45) is 4.25. The number of nitrogens with one attached hydrogen (secondary N) is 1. The molecule has 1 fully saturated rings. The maximum absolute atomic E-state index is 10.5. The molecule has 4 heteroatoms. The Morgan fingerprint density at radius 3 is 3.14 bits per heavy atom. The molecular weight excluding hydrogens is 180 g/mol. The molecule has 1 saturated carbocycles. The van der Waals surface area contributed by atoms with Gasteiger partial charge >= 0.3 is 5.97 Å². The van der Waals surface area contributed by atoms with E-state index in [1.807, 2.05) is 12.1 Å². The van der Waals surface area contributed by atoms with Crippen LogP contribution in [0.1, 0.15) is 12.0 Å². The van der Waals surface area contributed by atoms with Crippen LogP contribution in [0.5, 0.6) is 0 Å². The van der Waals surface area contributed by atoms with Crippen LogP contribution in [0.25, 0.3) is 0 Å². The van der Waals surface area contributed by atoms with Crippen molar-refractivity contribution in [2.24, 2.45) is 5.92 Å². The zero-order chi connectivity index (χ0) is 9.97. The van der Waals surface area contributed by atoms with Gasteiger partial charge in [-0.1, -0.05) is 6.07 Å². The van der Waals surface area contributed by atoms with Gasteiger partial charge in [-0.25, -0.2) is 0 Å². The molecule has 0 amide bonds. The summed E-state index contributed by atoms with van der Waals surface area (Å²) < 4.78 is 0. The first-order valence-corrected chi connectivity index (χ1v) is 4.62. The number of hydrogen-bond acceptors (Lipinski definition) is 3. The number of carboxylic acid groups (broad SMARTS) is 1. The highest BCUT2D eigenvalue weighted by Crippen LogP contribution is 2.30. The van der Waals surface area contributed by atoms with Crippen molar-refractivity contribution in [1.82, 2.24) is 10.3 Å². The van der Waals surface area contributed by atoms with Crippen molar-refractivity contribution in [2.45, 2.75) is 19.0 Å². The molecule has 2 rings (SSSR count). The van der Waals surface area contributed by atoms with Crippen molar-refractivity contribution < 1.29 is 9.90 Å². The normalized spacial score (nSPS) is 24.6. The molecule has 0 aliphatic heterocycles. The summed E-state index contributed by atoms with van der Waals surface area (Å²) in [4.78, 5) is 14.5. The fraction of sp³-hybridized carbons (Fsp3) is 0.400. The fourth-order valence-corrected chi connectivity index (χ4v) is 1.45. The van der Waals surface area contributed by atoms with Crippen molar-refractivity contribution in [3.8, 4) is 0 Å². The van der Waals surface area contributed by atoms with Crippen molar-refractivity contribution in [3.05, 3.63) is 30.1 Å². The van der Waals surface area contributed by atoms with E-state index in [-0.39, 0.29) is 12.0 Å². The molecular formula is C10H12N2O2. The van der Waals surface area contributed by atoms with Gasteiger partial charge in [0, 0.05) is 25.0 Å². The minimum atomic E-state index is -0.700. The minimum absolute atomic E-state index is 0.146. The van der Waals surface area contributed by atoms with Crippen LogP contribution in [0.3, 0.4) is 0 Å². The van der Waals surface area contributed by atoms with Gasteiger partial charge in [0.25, 0.3) is 0 Å². The monoisotopic (exact) mass is 192 g/mol. The molecule has 0 bridgehead atoms. The smallest absolute Gasteiger partial charge is 0.308 e. The molecule has 74 valence electrons. The standard InChI is InChI=1S/C10H12N2O2/c13-10(14)8-4-9(8)12-6-7-2-1-3-11-5-7/h1-3,5,8-9,12H,4,6H2,(H,13,14). The van der Waals surface area contributed by atoms with Crippen LogP contribution in [-0.4, -0.2) is 22.1 Å². The zero-order valence-electron chi connectivity index (χ0n) is 7.68. The second kappa shape index (κ2) is 3.75. The first-order valence-electron chi connectivity index (χ1n) is 4.62. The summed E-state index contributed by atoms with van der Waals surface area (Å²) in [5, 5.41) is 11.9. The largest absolute Gasteiger partial charge is 0.481 e. The van der Waals surface area contributed by atoms with Crippen LogP contribution in [0, 0.1) is 5.92 Å². The molecule has 1 heterocycles. The van der Waals surface area contributed by atoms with Crippen molar-refractivity contribution in [2.75, 3.05) is 0 Å². The van der Waals surface area contributed by atoms with Gasteiger partial charge in [-0.05, 0) is 18.1 Å². The average molecular weight is 192 g/mol. The molecule has 2 atom stereocenters. The van der Waals surface area contributed by atoms with Gasteiger partial charge in [0.2, 0.25) is 0 Å². The lowest BCUT2D eigenvalue weighted by Gasteiger charge is -2.01. The van der Waals surface area contributed by atoms with E-state index < -0.39 is 5.97 Å². The third kappa shape index (κ3) is 2.09. The van der Waals surface area contributed by atoms with Gasteiger partial charge in [0.1, 0.15) is 0 Å². The second-order valence-corrected chi connectivity index (χ2v) is 3.53. The molecule has 1 aromatic rings. The van der Waals surface area contributed by atoms with Crippen LogP contribution >= 0.6 is 0 Å². The summed E-state index contributed by atoms with van der Waals surface area (Å²) in [6.45, 7) is 0.697. The van der Waals surface area contributed by atoms with Gasteiger partial charge in [-0.3, -0.25) is 9.78 Å². The Morgan fingerprint density at radius 2 is 2.57 bits per heavy atom. The summed E-state index contributed by atoms with van der Waals surface area (Å²) in [5.74, 6) is -0.889. The first kappa shape index (κ1) is 9.15. The van der Waals surface area contributed by atoms with E-state index in [2.05, 4.69) is 10.3 Å². The number of nitrogens with zero attached hydrogens (tertiary/aromatic N) is 1. The lowest BCUT2D eigenvalue weighted by atomic mass is 10.3. The lowest BCUT2D eigenvalue weighted by Crippen LogP contribution is -2.20. The fourth-order valence-electron chi connectivity index (χ4n) is 1.45. The lowest BCUT2D eigenvalue weighted by molar-refractivity contribution is -0.138. The van der Waals surface area contributed by atoms with Gasteiger partial charge < -0.3 is 10.4 Å². The van der Waals surface area contributed by atoms with E-state index >= 15 is 0 Å². The highest BCUT2D eigenvalue weighted by molar-refractivity contribution is 5.74. The molecule has 0 radical (unpaired) electrons. The predicted octanol–water partition coefficient (Wildman–Crippen LogP) is 0.644. The van der Waals surface area contributed by atoms with Crippen LogP contribution in [0.15, 0.2) is 24.5 Å².